The molecule has 0 unspecified atom stereocenters. The number of carbonyl (C=O) groups is 1. The lowest BCUT2D eigenvalue weighted by Gasteiger charge is -2.34. The number of para-hydroxylation sites is 1. The molecule has 2 fully saturated rings. The van der Waals surface area contributed by atoms with Gasteiger partial charge in [-0.3, -0.25) is 9.89 Å². The van der Waals surface area contributed by atoms with Crippen LogP contribution in [0.2, 0.25) is 0 Å². The number of aromatic amines is 1. The molecule has 2 aliphatic rings. The molecule has 184 valence electrons. The Morgan fingerprint density at radius 1 is 1.06 bits per heavy atom. The lowest BCUT2D eigenvalue weighted by Crippen LogP contribution is -2.36. The summed E-state index contributed by atoms with van der Waals surface area (Å²) in [6.45, 7) is 0. The van der Waals surface area contributed by atoms with Crippen molar-refractivity contribution in [2.75, 3.05) is 17.3 Å². The van der Waals surface area contributed by atoms with Gasteiger partial charge in [-0.1, -0.05) is 31.0 Å². The van der Waals surface area contributed by atoms with Crippen LogP contribution in [0.4, 0.5) is 17.6 Å². The van der Waals surface area contributed by atoms with E-state index in [1.54, 1.807) is 6.20 Å². The topological polar surface area (TPSA) is 96.0 Å². The van der Waals surface area contributed by atoms with Crippen LogP contribution in [-0.4, -0.2) is 39.2 Å². The first kappa shape index (κ1) is 23.3. The predicted molar refractivity (Wildman–Crippen MR) is 136 cm³/mol. The van der Waals surface area contributed by atoms with Crippen LogP contribution in [0.15, 0.2) is 48.7 Å². The summed E-state index contributed by atoms with van der Waals surface area (Å²) in [5, 5.41) is 10.9. The summed E-state index contributed by atoms with van der Waals surface area (Å²) in [5.41, 5.74) is 1.21. The smallest absolute Gasteiger partial charge is 0.311 e. The monoisotopic (exact) mass is 474 g/mol. The molecule has 0 aliphatic heterocycles. The zero-order valence-corrected chi connectivity index (χ0v) is 20.3. The van der Waals surface area contributed by atoms with Crippen molar-refractivity contribution in [2.24, 2.45) is 5.92 Å². The largest absolute Gasteiger partial charge is 0.427 e. The Balaban J connectivity index is 1.12. The molecule has 35 heavy (non-hydrogen) atoms. The normalized spacial score (nSPS) is 20.5. The van der Waals surface area contributed by atoms with E-state index in [-0.39, 0.29) is 5.97 Å². The summed E-state index contributed by atoms with van der Waals surface area (Å²) in [4.78, 5) is 23.7. The third kappa shape index (κ3) is 5.99. The minimum absolute atomic E-state index is 0.149. The molecule has 8 heteroatoms. The van der Waals surface area contributed by atoms with Gasteiger partial charge in [-0.25, -0.2) is 4.98 Å². The van der Waals surface area contributed by atoms with Crippen LogP contribution in [0.5, 0.6) is 5.75 Å². The number of rotatable bonds is 8. The van der Waals surface area contributed by atoms with Crippen molar-refractivity contribution >= 4 is 23.6 Å². The van der Waals surface area contributed by atoms with Crippen LogP contribution >= 0.6 is 0 Å². The Morgan fingerprint density at radius 3 is 2.60 bits per heavy atom. The number of nitrogens with one attached hydrogen (secondary N) is 2. The third-order valence-corrected chi connectivity index (χ3v) is 7.40. The van der Waals surface area contributed by atoms with Crippen molar-refractivity contribution in [1.82, 2.24) is 20.2 Å². The van der Waals surface area contributed by atoms with Gasteiger partial charge in [0, 0.05) is 43.4 Å². The molecule has 5 rings (SSSR count). The van der Waals surface area contributed by atoms with E-state index < -0.39 is 0 Å². The van der Waals surface area contributed by atoms with Crippen LogP contribution in [0.1, 0.15) is 69.4 Å². The zero-order valence-electron chi connectivity index (χ0n) is 20.3. The van der Waals surface area contributed by atoms with Gasteiger partial charge in [0.1, 0.15) is 11.6 Å². The minimum atomic E-state index is -0.149. The molecular formula is C27H34N6O2. The molecule has 0 bridgehead atoms. The first-order chi connectivity index (χ1) is 17.1. The molecule has 0 radical (unpaired) electrons. The first-order valence-electron chi connectivity index (χ1n) is 12.8. The van der Waals surface area contributed by atoms with Crippen LogP contribution < -0.4 is 15.0 Å². The van der Waals surface area contributed by atoms with Gasteiger partial charge in [0.2, 0.25) is 5.95 Å². The molecule has 2 aromatic heterocycles. The summed E-state index contributed by atoms with van der Waals surface area (Å²) in [6, 6.07) is 13.6. The fourth-order valence-corrected chi connectivity index (χ4v) is 5.36. The SMILES string of the molecule is CN(c1nccc(Nc2cc(C3CCCC3)[nH]n2)n1)C1CCC(CC(=O)Oc2ccccc2)CC1. The van der Waals surface area contributed by atoms with Gasteiger partial charge in [-0.2, -0.15) is 10.1 Å². The Hall–Kier alpha value is -3.42. The van der Waals surface area contributed by atoms with E-state index in [0.29, 0.717) is 36.0 Å². The quantitative estimate of drug-likeness (QED) is 0.324. The summed E-state index contributed by atoms with van der Waals surface area (Å²) in [5.74, 6) is 3.66. The van der Waals surface area contributed by atoms with Crippen LogP contribution in [0.3, 0.4) is 0 Å². The van der Waals surface area contributed by atoms with Gasteiger partial charge in [0.25, 0.3) is 0 Å². The molecule has 3 aromatic rings. The highest BCUT2D eigenvalue weighted by atomic mass is 16.5. The number of anilines is 3. The third-order valence-electron chi connectivity index (χ3n) is 7.40. The van der Waals surface area contributed by atoms with E-state index in [0.717, 1.165) is 37.3 Å². The number of aromatic nitrogens is 4. The maximum Gasteiger partial charge on any atom is 0.311 e. The van der Waals surface area contributed by atoms with Crippen molar-refractivity contribution in [1.29, 1.82) is 0 Å². The van der Waals surface area contributed by atoms with Gasteiger partial charge in [0.05, 0.1) is 0 Å². The van der Waals surface area contributed by atoms with Crippen LogP contribution in [0, 0.1) is 5.92 Å². The average molecular weight is 475 g/mol. The van der Waals surface area contributed by atoms with Crippen molar-refractivity contribution in [3.05, 3.63) is 54.4 Å². The van der Waals surface area contributed by atoms with Gasteiger partial charge in [0.15, 0.2) is 5.82 Å². The van der Waals surface area contributed by atoms with Crippen molar-refractivity contribution < 1.29 is 9.53 Å². The van der Waals surface area contributed by atoms with E-state index in [4.69, 9.17) is 9.72 Å². The minimum Gasteiger partial charge on any atom is -0.427 e. The van der Waals surface area contributed by atoms with Crippen molar-refractivity contribution in [3.8, 4) is 5.75 Å². The van der Waals surface area contributed by atoms with E-state index in [1.807, 2.05) is 36.4 Å². The van der Waals surface area contributed by atoms with Gasteiger partial charge in [-0.15, -0.1) is 0 Å². The van der Waals surface area contributed by atoms with Crippen LogP contribution in [-0.2, 0) is 4.79 Å². The second-order valence-electron chi connectivity index (χ2n) is 9.83. The zero-order chi connectivity index (χ0) is 24.0. The molecule has 2 saturated carbocycles. The summed E-state index contributed by atoms with van der Waals surface area (Å²) < 4.78 is 5.47. The summed E-state index contributed by atoms with van der Waals surface area (Å²) >= 11 is 0. The van der Waals surface area contributed by atoms with E-state index in [1.165, 1.54) is 31.4 Å². The summed E-state index contributed by atoms with van der Waals surface area (Å²) in [6.07, 6.45) is 11.3. The Labute approximate surface area is 206 Å². The molecule has 0 saturated heterocycles. The number of H-pyrrole nitrogens is 1. The fourth-order valence-electron chi connectivity index (χ4n) is 5.36. The standard InChI is InChI=1S/C27H34N6O2/c1-33(21-13-11-19(12-14-21)17-26(34)35-22-9-3-2-4-10-22)27-28-16-15-24(30-27)29-25-18-23(31-32-25)20-7-5-6-8-20/h2-4,9-10,15-16,18-21H,5-8,11-14,17H2,1H3,(H2,28,29,30,31,32). The highest BCUT2D eigenvalue weighted by Gasteiger charge is 2.27. The number of benzene rings is 1. The number of nitrogens with zero attached hydrogens (tertiary/aromatic N) is 4. The second-order valence-corrected chi connectivity index (χ2v) is 9.83. The number of hydrogen-bond donors (Lipinski definition) is 2. The number of esters is 1. The second kappa shape index (κ2) is 10.9. The van der Waals surface area contributed by atoms with Gasteiger partial charge < -0.3 is 15.0 Å². The maximum atomic E-state index is 12.3. The lowest BCUT2D eigenvalue weighted by atomic mass is 9.83. The molecule has 0 spiro atoms. The molecule has 2 N–H and O–H groups in total. The highest BCUT2D eigenvalue weighted by molar-refractivity contribution is 5.72. The molecular weight excluding hydrogens is 440 g/mol. The predicted octanol–water partition coefficient (Wildman–Crippen LogP) is 5.59. The fraction of sp³-hybridized carbons (Fsp3) is 0.481. The van der Waals surface area contributed by atoms with Crippen molar-refractivity contribution in [3.63, 3.8) is 0 Å². The maximum absolute atomic E-state index is 12.3. The van der Waals surface area contributed by atoms with E-state index in [2.05, 4.69) is 38.5 Å². The number of ether oxygens (including phenoxy) is 1. The Bertz CT molecular complexity index is 1100. The molecule has 8 nitrogen and oxygen atoms in total. The average Bonchev–Trinajstić information content (AvgIpc) is 3.57. The van der Waals surface area contributed by atoms with E-state index in [9.17, 15) is 4.79 Å². The molecule has 2 heterocycles. The first-order valence-corrected chi connectivity index (χ1v) is 12.8. The highest BCUT2D eigenvalue weighted by Crippen LogP contribution is 2.34. The molecule has 1 aromatic carbocycles. The molecule has 0 atom stereocenters. The van der Waals surface area contributed by atoms with Crippen LogP contribution in [0.25, 0.3) is 0 Å². The van der Waals surface area contributed by atoms with Crippen molar-refractivity contribution in [2.45, 2.75) is 69.7 Å². The molecule has 2 aliphatic carbocycles. The van der Waals surface area contributed by atoms with Gasteiger partial charge >= 0.3 is 5.97 Å². The number of hydrogen-bond acceptors (Lipinski definition) is 7. The Kier molecular flexibility index (Phi) is 7.25. The van der Waals surface area contributed by atoms with E-state index >= 15 is 0 Å². The van der Waals surface area contributed by atoms with Gasteiger partial charge in [-0.05, 0) is 62.6 Å². The summed E-state index contributed by atoms with van der Waals surface area (Å²) in [7, 11) is 2.06. The lowest BCUT2D eigenvalue weighted by molar-refractivity contribution is -0.135. The number of carbonyl (C=O) groups excluding carboxylic acids is 1. The molecule has 0 amide bonds. The Morgan fingerprint density at radius 2 is 1.83 bits per heavy atom.